The van der Waals surface area contributed by atoms with Crippen LogP contribution in [-0.2, 0) is 0 Å². The molecular weight excluding hydrogens is 616 g/mol. The third-order valence-electron chi connectivity index (χ3n) is 4.56. The molecule has 2 N–H and O–H groups in total. The lowest BCUT2D eigenvalue weighted by Gasteiger charge is -2.15. The van der Waals surface area contributed by atoms with Crippen molar-refractivity contribution in [2.45, 2.75) is 13.0 Å². The number of nitrogens with zero attached hydrogens (tertiary/aromatic N) is 2. The van der Waals surface area contributed by atoms with Crippen LogP contribution in [0, 0.1) is 31.9 Å². The van der Waals surface area contributed by atoms with Gasteiger partial charge in [0.1, 0.15) is 22.8 Å². The predicted octanol–water partition coefficient (Wildman–Crippen LogP) is 6.18. The van der Waals surface area contributed by atoms with E-state index in [0.29, 0.717) is 15.0 Å². The van der Waals surface area contributed by atoms with E-state index in [1.807, 2.05) is 0 Å². The minimum Gasteiger partial charge on any atom is -0.477 e. The lowest BCUT2D eigenvalue weighted by atomic mass is 10.1. The Bertz CT molecular complexity index is 1360. The van der Waals surface area contributed by atoms with Gasteiger partial charge in [0.2, 0.25) is 0 Å². The van der Waals surface area contributed by atoms with Gasteiger partial charge in [-0.3, -0.25) is 25.0 Å². The second-order valence-electron chi connectivity index (χ2n) is 7.00. The van der Waals surface area contributed by atoms with Crippen LogP contribution in [0.5, 0.6) is 0 Å². The summed E-state index contributed by atoms with van der Waals surface area (Å²) in [5.74, 6) is -3.56. The zero-order chi connectivity index (χ0) is 27.2. The Kier molecular flexibility index (Phi) is 9.69. The van der Waals surface area contributed by atoms with Crippen molar-refractivity contribution in [1.29, 1.82) is 0 Å². The van der Waals surface area contributed by atoms with Gasteiger partial charge in [-0.05, 0) is 37.3 Å². The maximum absolute atomic E-state index is 13.7. The summed E-state index contributed by atoms with van der Waals surface area (Å²) in [6.07, 6.45) is 0. The van der Waals surface area contributed by atoms with E-state index in [4.69, 9.17) is 5.11 Å². The maximum atomic E-state index is 13.7. The number of halogens is 4. The number of carbonyl (C=O) groups excluding carboxylic acids is 1. The van der Waals surface area contributed by atoms with E-state index >= 15 is 0 Å². The number of carboxylic acid groups (broad SMARTS) is 1. The van der Waals surface area contributed by atoms with Gasteiger partial charge < -0.3 is 10.4 Å². The molecule has 3 aromatic rings. The summed E-state index contributed by atoms with van der Waals surface area (Å²) in [6, 6.07) is 9.99. The molecule has 0 aromatic heterocycles. The van der Waals surface area contributed by atoms with Crippen LogP contribution in [-0.4, -0.2) is 26.8 Å². The third-order valence-corrected chi connectivity index (χ3v) is 5.55. The van der Waals surface area contributed by atoms with Crippen molar-refractivity contribution in [1.82, 2.24) is 5.32 Å². The van der Waals surface area contributed by atoms with E-state index in [2.05, 4.69) is 37.2 Å². The molecule has 1 amide bonds. The van der Waals surface area contributed by atoms with Gasteiger partial charge in [-0.2, -0.15) is 0 Å². The van der Waals surface area contributed by atoms with Gasteiger partial charge in [0.25, 0.3) is 17.3 Å². The van der Waals surface area contributed by atoms with E-state index in [1.54, 1.807) is 0 Å². The first-order valence-corrected chi connectivity index (χ1v) is 11.3. The van der Waals surface area contributed by atoms with Crippen LogP contribution in [0.4, 0.5) is 20.2 Å². The minimum atomic E-state index is -1.31. The molecule has 0 bridgehead atoms. The second-order valence-corrected chi connectivity index (χ2v) is 8.83. The molecule has 36 heavy (non-hydrogen) atoms. The highest BCUT2D eigenvalue weighted by Crippen LogP contribution is 2.25. The monoisotopic (exact) mass is 629 g/mol. The Morgan fingerprint density at radius 1 is 0.889 bits per heavy atom. The molecule has 3 aromatic carbocycles. The van der Waals surface area contributed by atoms with Gasteiger partial charge in [0.15, 0.2) is 0 Å². The van der Waals surface area contributed by atoms with Crippen LogP contribution >= 0.6 is 31.9 Å². The standard InChI is InChI=1S/C15H11BrF2N2O3.C7H4BrNO4/c1-8(11-5-3-10(17)7-13(11)18)19-15(21)12-4-2-9(16)6-14(12)20(22)23;8-4-1-2-5(7(10)11)6(3-4)9(12)13/h2-8H,1H3,(H,19,21);1-3H,(H,10,11)/t8-;/m1./s1. The van der Waals surface area contributed by atoms with Crippen molar-refractivity contribution in [3.63, 3.8) is 0 Å². The highest BCUT2D eigenvalue weighted by Gasteiger charge is 2.23. The smallest absolute Gasteiger partial charge is 0.342 e. The Hall–Kier alpha value is -3.78. The summed E-state index contributed by atoms with van der Waals surface area (Å²) in [5, 5.41) is 32.5. The van der Waals surface area contributed by atoms with Crippen molar-refractivity contribution in [2.24, 2.45) is 0 Å². The van der Waals surface area contributed by atoms with Crippen molar-refractivity contribution < 1.29 is 33.3 Å². The zero-order valence-electron chi connectivity index (χ0n) is 18.1. The fraction of sp³-hybridized carbons (Fsp3) is 0.0909. The highest BCUT2D eigenvalue weighted by atomic mass is 79.9. The topological polar surface area (TPSA) is 153 Å². The number of carbonyl (C=O) groups is 2. The Labute approximate surface area is 218 Å². The molecule has 14 heteroatoms. The van der Waals surface area contributed by atoms with E-state index in [1.165, 1.54) is 43.3 Å². The maximum Gasteiger partial charge on any atom is 0.342 e. The number of rotatable bonds is 6. The molecule has 0 radical (unpaired) electrons. The summed E-state index contributed by atoms with van der Waals surface area (Å²) in [5.41, 5.74) is -1.16. The fourth-order valence-corrected chi connectivity index (χ4v) is 3.59. The van der Waals surface area contributed by atoms with Crippen LogP contribution in [0.3, 0.4) is 0 Å². The Morgan fingerprint density at radius 2 is 1.39 bits per heavy atom. The largest absolute Gasteiger partial charge is 0.477 e. The molecule has 0 aliphatic carbocycles. The molecule has 0 aliphatic heterocycles. The van der Waals surface area contributed by atoms with Gasteiger partial charge in [-0.1, -0.05) is 37.9 Å². The van der Waals surface area contributed by atoms with Crippen LogP contribution in [0.1, 0.15) is 39.2 Å². The van der Waals surface area contributed by atoms with Gasteiger partial charge in [-0.15, -0.1) is 0 Å². The predicted molar refractivity (Wildman–Crippen MR) is 131 cm³/mol. The normalized spacial score (nSPS) is 11.0. The summed E-state index contributed by atoms with van der Waals surface area (Å²) < 4.78 is 27.6. The summed E-state index contributed by atoms with van der Waals surface area (Å²) in [6.45, 7) is 1.50. The number of nitro benzene ring substituents is 2. The van der Waals surface area contributed by atoms with Crippen LogP contribution in [0.2, 0.25) is 0 Å². The van der Waals surface area contributed by atoms with Gasteiger partial charge in [0.05, 0.1) is 15.9 Å². The van der Waals surface area contributed by atoms with E-state index in [0.717, 1.165) is 12.1 Å². The number of nitro groups is 2. The minimum absolute atomic E-state index is 0.0829. The average Bonchev–Trinajstić information content (AvgIpc) is 2.78. The first-order valence-electron chi connectivity index (χ1n) is 9.68. The number of hydrogen-bond acceptors (Lipinski definition) is 6. The van der Waals surface area contributed by atoms with Crippen molar-refractivity contribution in [3.8, 4) is 0 Å². The summed E-state index contributed by atoms with van der Waals surface area (Å²) in [7, 11) is 0. The van der Waals surface area contributed by atoms with E-state index < -0.39 is 45.1 Å². The molecule has 0 spiro atoms. The average molecular weight is 631 g/mol. The highest BCUT2D eigenvalue weighted by molar-refractivity contribution is 9.10. The van der Waals surface area contributed by atoms with E-state index in [-0.39, 0.29) is 22.4 Å². The fourth-order valence-electron chi connectivity index (χ4n) is 2.89. The molecule has 10 nitrogen and oxygen atoms in total. The molecule has 0 fully saturated rings. The van der Waals surface area contributed by atoms with Crippen molar-refractivity contribution >= 4 is 55.1 Å². The molecule has 0 saturated heterocycles. The molecule has 3 rings (SSSR count). The molecule has 0 aliphatic rings. The quantitative estimate of drug-likeness (QED) is 0.243. The van der Waals surface area contributed by atoms with E-state index in [9.17, 15) is 38.6 Å². The number of aromatic carboxylic acids is 1. The summed E-state index contributed by atoms with van der Waals surface area (Å²) >= 11 is 6.11. The number of carboxylic acids is 1. The van der Waals surface area contributed by atoms with Gasteiger partial charge >= 0.3 is 5.97 Å². The van der Waals surface area contributed by atoms with Crippen LogP contribution in [0.15, 0.2) is 63.5 Å². The molecule has 188 valence electrons. The first kappa shape index (κ1) is 28.5. The van der Waals surface area contributed by atoms with Crippen molar-refractivity contribution in [2.75, 3.05) is 0 Å². The molecule has 0 unspecified atom stereocenters. The van der Waals surface area contributed by atoms with Crippen molar-refractivity contribution in [3.05, 3.63) is 112 Å². The Morgan fingerprint density at radius 3 is 1.86 bits per heavy atom. The SMILES string of the molecule is C[C@@H](NC(=O)c1ccc(Br)cc1[N+](=O)[O-])c1ccc(F)cc1F.O=C(O)c1ccc(Br)cc1[N+](=O)[O-]. The summed E-state index contributed by atoms with van der Waals surface area (Å²) in [4.78, 5) is 42.8. The zero-order valence-corrected chi connectivity index (χ0v) is 21.2. The second kappa shape index (κ2) is 12.3. The number of benzene rings is 3. The van der Waals surface area contributed by atoms with Gasteiger partial charge in [0, 0.05) is 32.7 Å². The number of amides is 1. The molecule has 0 saturated carbocycles. The molecular formula is C22H15Br2F2N3O7. The van der Waals surface area contributed by atoms with Crippen LogP contribution in [0.25, 0.3) is 0 Å². The van der Waals surface area contributed by atoms with Gasteiger partial charge in [-0.25, -0.2) is 13.6 Å². The molecule has 0 heterocycles. The first-order chi connectivity index (χ1) is 16.8. The van der Waals surface area contributed by atoms with Crippen LogP contribution < -0.4 is 5.32 Å². The number of hydrogen-bond donors (Lipinski definition) is 2. The Balaban J connectivity index is 0.000000297. The lowest BCUT2D eigenvalue weighted by Crippen LogP contribution is -2.27. The lowest BCUT2D eigenvalue weighted by molar-refractivity contribution is -0.385. The third kappa shape index (κ3) is 7.36. The molecule has 1 atom stereocenters. The number of nitrogens with one attached hydrogen (secondary N) is 1.